The molecule has 0 aliphatic heterocycles. The Morgan fingerprint density at radius 2 is 1.62 bits per heavy atom. The van der Waals surface area contributed by atoms with Crippen LogP contribution < -0.4 is 22.3 Å². The number of ketones is 1. The van der Waals surface area contributed by atoms with Gasteiger partial charge in [-0.3, -0.25) is 4.79 Å². The maximum absolute atomic E-state index is 11.5. The van der Waals surface area contributed by atoms with Gasteiger partial charge in [-0.25, -0.2) is 0 Å². The summed E-state index contributed by atoms with van der Waals surface area (Å²) in [7, 11) is 3.95. The number of halogens is 1. The smallest absolute Gasteiger partial charge is 0.211 e. The summed E-state index contributed by atoms with van der Waals surface area (Å²) >= 11 is 0. The molecule has 0 aliphatic rings. The molecule has 1 N–H and O–H groups in total. The molecule has 0 spiro atoms. The number of Topliss-reactive ketones (excluding diaryl/α,β-unsaturated/α-hetero) is 1. The summed E-state index contributed by atoms with van der Waals surface area (Å²) in [6.07, 6.45) is 4.17. The number of hydrogen-bond donors (Lipinski definition) is 1. The van der Waals surface area contributed by atoms with Crippen LogP contribution in [-0.4, -0.2) is 38.1 Å². The number of hydrogen-bond acceptors (Lipinski definition) is 2. The van der Waals surface area contributed by atoms with Gasteiger partial charge in [-0.15, -0.1) is 0 Å². The minimum Gasteiger partial charge on any atom is -1.00 e. The van der Waals surface area contributed by atoms with Gasteiger partial charge in [0.15, 0.2) is 5.75 Å². The maximum atomic E-state index is 11.5. The number of nitrogens with one attached hydrogen (secondary N) is 1. The molecule has 0 saturated heterocycles. The molecule has 0 aliphatic carbocycles. The highest BCUT2D eigenvalue weighted by atomic mass is 79.9. The van der Waals surface area contributed by atoms with E-state index in [0.29, 0.717) is 5.75 Å². The fourth-order valence-electron chi connectivity index (χ4n) is 0.970. The molecule has 0 saturated carbocycles. The highest BCUT2D eigenvalue weighted by molar-refractivity contribution is 7.96. The van der Waals surface area contributed by atoms with E-state index in [4.69, 9.17) is 0 Å². The van der Waals surface area contributed by atoms with Crippen molar-refractivity contribution in [2.45, 2.75) is 0 Å². The van der Waals surface area contributed by atoms with E-state index in [0.717, 1.165) is 5.56 Å². The van der Waals surface area contributed by atoms with Crippen molar-refractivity contribution in [1.29, 1.82) is 0 Å². The molecule has 4 heteroatoms. The topological polar surface area (TPSA) is 29.1 Å². The third kappa shape index (κ3) is 8.95. The standard InChI is InChI=1S/C10H13OS.C2H7N.BrH/c1-12(2)8-10(11)9-6-4-3-5-7-9;1-3-2;/h3-7H,8H2,1-2H3;3H,1-2H3;1H/q+1;;/p-1. The highest BCUT2D eigenvalue weighted by Gasteiger charge is 2.12. The zero-order valence-electron chi connectivity index (χ0n) is 10.3. The molecule has 0 atom stereocenters. The zero-order valence-corrected chi connectivity index (χ0v) is 12.7. The summed E-state index contributed by atoms with van der Waals surface area (Å²) in [4.78, 5) is 11.5. The average molecular weight is 306 g/mol. The van der Waals surface area contributed by atoms with Crippen LogP contribution in [0.15, 0.2) is 30.3 Å². The summed E-state index contributed by atoms with van der Waals surface area (Å²) in [5, 5.41) is 2.75. The monoisotopic (exact) mass is 305 g/mol. The van der Waals surface area contributed by atoms with Gasteiger partial charge in [0.2, 0.25) is 5.78 Å². The molecule has 2 nitrogen and oxygen atoms in total. The molecule has 0 unspecified atom stereocenters. The lowest BCUT2D eigenvalue weighted by molar-refractivity contribution is -0.0000112. The number of benzene rings is 1. The second-order valence-electron chi connectivity index (χ2n) is 3.42. The van der Waals surface area contributed by atoms with Crippen molar-refractivity contribution in [3.8, 4) is 0 Å². The Labute approximate surface area is 112 Å². The van der Waals surface area contributed by atoms with Gasteiger partial charge in [0, 0.05) is 5.56 Å². The van der Waals surface area contributed by atoms with Crippen molar-refractivity contribution in [1.82, 2.24) is 5.32 Å². The van der Waals surface area contributed by atoms with E-state index < -0.39 is 0 Å². The molecule has 0 aromatic heterocycles. The lowest BCUT2D eigenvalue weighted by Crippen LogP contribution is -3.00. The summed E-state index contributed by atoms with van der Waals surface area (Å²) in [6.45, 7) is 0. The third-order valence-electron chi connectivity index (χ3n) is 1.52. The number of carbonyl (C=O) groups is 1. The van der Waals surface area contributed by atoms with Gasteiger partial charge in [0.25, 0.3) is 0 Å². The largest absolute Gasteiger partial charge is 1.00 e. The molecule has 0 bridgehead atoms. The van der Waals surface area contributed by atoms with E-state index in [2.05, 4.69) is 17.8 Å². The molecule has 1 rings (SSSR count). The Kier molecular flexibility index (Phi) is 12.6. The van der Waals surface area contributed by atoms with Gasteiger partial charge in [-0.05, 0) is 25.0 Å². The van der Waals surface area contributed by atoms with Crippen molar-refractivity contribution in [2.24, 2.45) is 0 Å². The van der Waals surface area contributed by atoms with Crippen LogP contribution in [0.1, 0.15) is 10.4 Å². The molecule has 16 heavy (non-hydrogen) atoms. The van der Waals surface area contributed by atoms with Crippen molar-refractivity contribution >= 4 is 16.7 Å². The van der Waals surface area contributed by atoms with E-state index in [1.54, 1.807) is 0 Å². The SMILES string of the molecule is CNC.C[S+](C)CC(=O)c1ccccc1.[Br-]. The van der Waals surface area contributed by atoms with Crippen molar-refractivity contribution in [3.63, 3.8) is 0 Å². The lowest BCUT2D eigenvalue weighted by atomic mass is 10.2. The zero-order chi connectivity index (χ0) is 11.7. The van der Waals surface area contributed by atoms with Gasteiger partial charge in [-0.1, -0.05) is 30.3 Å². The highest BCUT2D eigenvalue weighted by Crippen LogP contribution is 2.01. The Balaban J connectivity index is 0. The van der Waals surface area contributed by atoms with Crippen LogP contribution in [0, 0.1) is 0 Å². The molecule has 92 valence electrons. The third-order valence-corrected chi connectivity index (χ3v) is 2.36. The summed E-state index contributed by atoms with van der Waals surface area (Å²) in [5.41, 5.74) is 0.832. The van der Waals surface area contributed by atoms with E-state index in [1.165, 1.54) is 0 Å². The van der Waals surface area contributed by atoms with Gasteiger partial charge in [0.05, 0.1) is 12.5 Å². The van der Waals surface area contributed by atoms with Crippen molar-refractivity contribution in [3.05, 3.63) is 35.9 Å². The Bertz CT molecular complexity index is 278. The van der Waals surface area contributed by atoms with E-state index in [1.807, 2.05) is 44.4 Å². The van der Waals surface area contributed by atoms with Gasteiger partial charge in [0.1, 0.15) is 0 Å². The molecule has 1 aromatic carbocycles. The van der Waals surface area contributed by atoms with E-state index in [9.17, 15) is 4.79 Å². The average Bonchev–Trinajstić information content (AvgIpc) is 2.19. The first-order valence-corrected chi connectivity index (χ1v) is 7.03. The minimum atomic E-state index is 0. The van der Waals surface area contributed by atoms with Crippen LogP contribution in [0.2, 0.25) is 0 Å². The van der Waals surface area contributed by atoms with Gasteiger partial charge < -0.3 is 22.3 Å². The number of carbonyl (C=O) groups excluding carboxylic acids is 1. The first-order valence-electron chi connectivity index (χ1n) is 4.82. The predicted octanol–water partition coefficient (Wildman–Crippen LogP) is -1.41. The molecule has 0 radical (unpaired) electrons. The Hall–Kier alpha value is -0.320. The second-order valence-corrected chi connectivity index (χ2v) is 5.68. The van der Waals surface area contributed by atoms with Crippen LogP contribution >= 0.6 is 0 Å². The molecular formula is C12H20BrNOS. The molecule has 0 fully saturated rings. The number of rotatable bonds is 3. The molecule has 0 heterocycles. The van der Waals surface area contributed by atoms with Crippen LogP contribution in [0.4, 0.5) is 0 Å². The summed E-state index contributed by atoms with van der Waals surface area (Å²) < 4.78 is 0. The fourth-order valence-corrected chi connectivity index (χ4v) is 1.66. The van der Waals surface area contributed by atoms with Crippen molar-refractivity contribution < 1.29 is 21.8 Å². The quantitative estimate of drug-likeness (QED) is 0.549. The molecular weight excluding hydrogens is 286 g/mol. The molecule has 0 amide bonds. The second kappa shape index (κ2) is 11.2. The normalized spacial score (nSPS) is 8.81. The van der Waals surface area contributed by atoms with E-state index >= 15 is 0 Å². The van der Waals surface area contributed by atoms with Crippen molar-refractivity contribution in [2.75, 3.05) is 32.4 Å². The van der Waals surface area contributed by atoms with Crippen LogP contribution in [0.5, 0.6) is 0 Å². The first kappa shape index (κ1) is 18.1. The Morgan fingerprint density at radius 1 is 1.19 bits per heavy atom. The van der Waals surface area contributed by atoms with Crippen LogP contribution in [0.25, 0.3) is 0 Å². The molecule has 1 aromatic rings. The minimum absolute atomic E-state index is 0. The lowest BCUT2D eigenvalue weighted by Gasteiger charge is -1.97. The predicted molar refractivity (Wildman–Crippen MR) is 69.8 cm³/mol. The maximum Gasteiger partial charge on any atom is 0.211 e. The Morgan fingerprint density at radius 3 is 2.00 bits per heavy atom. The van der Waals surface area contributed by atoms with Crippen LogP contribution in [0.3, 0.4) is 0 Å². The summed E-state index contributed by atoms with van der Waals surface area (Å²) in [5.74, 6) is 0.924. The van der Waals surface area contributed by atoms with Gasteiger partial charge >= 0.3 is 0 Å². The first-order chi connectivity index (χ1) is 7.11. The van der Waals surface area contributed by atoms with Gasteiger partial charge in [-0.2, -0.15) is 0 Å². The van der Waals surface area contributed by atoms with E-state index in [-0.39, 0.29) is 33.7 Å². The summed E-state index contributed by atoms with van der Waals surface area (Å²) in [6, 6.07) is 9.46. The fraction of sp³-hybridized carbons (Fsp3) is 0.417. The van der Waals surface area contributed by atoms with Crippen LogP contribution in [-0.2, 0) is 10.9 Å².